The first-order valence-corrected chi connectivity index (χ1v) is 12.3. The molecule has 1 N–H and O–H groups in total. The van der Waals surface area contributed by atoms with E-state index in [1.54, 1.807) is 7.11 Å². The van der Waals surface area contributed by atoms with Gasteiger partial charge in [-0.3, -0.25) is 4.79 Å². The number of amides is 1. The molecule has 8 nitrogen and oxygen atoms in total. The second kappa shape index (κ2) is 10.8. The van der Waals surface area contributed by atoms with Crippen molar-refractivity contribution in [1.29, 1.82) is 0 Å². The highest BCUT2D eigenvalue weighted by Gasteiger charge is 2.52. The maximum absolute atomic E-state index is 13.6. The molecule has 1 fully saturated rings. The van der Waals surface area contributed by atoms with Crippen LogP contribution in [0.3, 0.4) is 0 Å². The number of hydrogen-bond donors (Lipinski definition) is 1. The zero-order valence-corrected chi connectivity index (χ0v) is 20.1. The van der Waals surface area contributed by atoms with Crippen molar-refractivity contribution in [2.45, 2.75) is 28.8 Å². The van der Waals surface area contributed by atoms with Crippen molar-refractivity contribution in [2.24, 2.45) is 0 Å². The Kier molecular flexibility index (Phi) is 8.29. The highest BCUT2D eigenvalue weighted by molar-refractivity contribution is 7.93. The lowest BCUT2D eigenvalue weighted by Gasteiger charge is -2.39. The minimum absolute atomic E-state index is 0.0206. The molecule has 1 aliphatic rings. The van der Waals surface area contributed by atoms with E-state index in [9.17, 15) is 26.4 Å². The van der Waals surface area contributed by atoms with Gasteiger partial charge in [-0.15, -0.1) is 13.2 Å². The number of carbonyl (C=O) groups excluding carboxylic acids is 1. The molecule has 1 aliphatic heterocycles. The number of benzene rings is 2. The van der Waals surface area contributed by atoms with Crippen molar-refractivity contribution >= 4 is 15.7 Å². The summed E-state index contributed by atoms with van der Waals surface area (Å²) in [6.45, 7) is 2.03. The van der Waals surface area contributed by atoms with Crippen molar-refractivity contribution in [2.75, 3.05) is 40.4 Å². The van der Waals surface area contributed by atoms with Gasteiger partial charge in [-0.1, -0.05) is 0 Å². The number of sulfone groups is 1. The number of ether oxygens (including phenoxy) is 3. The molecular weight excluding hydrogens is 489 g/mol. The number of nitrogens with one attached hydrogen (secondary N) is 1. The average Bonchev–Trinajstić information content (AvgIpc) is 2.83. The van der Waals surface area contributed by atoms with Gasteiger partial charge >= 0.3 is 6.36 Å². The Hall–Kier alpha value is -2.83. The molecule has 0 unspecified atom stereocenters. The van der Waals surface area contributed by atoms with E-state index < -0.39 is 26.9 Å². The normalized spacial score (nSPS) is 16.5. The fraction of sp³-hybridized carbons (Fsp3) is 0.435. The van der Waals surface area contributed by atoms with Crippen LogP contribution in [-0.4, -0.2) is 70.7 Å². The lowest BCUT2D eigenvalue weighted by atomic mass is 9.94. The number of likely N-dealkylation sites (tertiary alicyclic amines) is 1. The van der Waals surface area contributed by atoms with Gasteiger partial charge in [0, 0.05) is 33.8 Å². The van der Waals surface area contributed by atoms with Crippen LogP contribution in [-0.2, 0) is 19.4 Å². The number of hydrogen-bond acceptors (Lipinski definition) is 7. The number of methoxy groups -OCH3 is 1. The SMILES string of the molecule is CNC(=O)C1(S(=O)(=O)c2ccc(Oc3ccc(OC(F)(F)F)cc3)cc2)CCN(CCOC)CC1. The molecule has 2 aromatic carbocycles. The lowest BCUT2D eigenvalue weighted by molar-refractivity contribution is -0.274. The third-order valence-corrected chi connectivity index (χ3v) is 8.37. The minimum atomic E-state index is -4.80. The van der Waals surface area contributed by atoms with Crippen LogP contribution in [0.1, 0.15) is 12.8 Å². The van der Waals surface area contributed by atoms with E-state index in [2.05, 4.69) is 15.0 Å². The van der Waals surface area contributed by atoms with E-state index in [-0.39, 0.29) is 35.0 Å². The topological polar surface area (TPSA) is 94.2 Å². The largest absolute Gasteiger partial charge is 0.573 e. The van der Waals surface area contributed by atoms with Gasteiger partial charge in [0.2, 0.25) is 5.91 Å². The van der Waals surface area contributed by atoms with Gasteiger partial charge < -0.3 is 24.4 Å². The van der Waals surface area contributed by atoms with Crippen molar-refractivity contribution < 1.29 is 40.6 Å². The molecule has 0 bridgehead atoms. The number of halogens is 3. The standard InChI is InChI=1S/C23H27F3N2O6S/c1-27-21(29)22(11-13-28(14-12-22)15-16-32-2)35(30,31)20-9-7-18(8-10-20)33-17-3-5-19(6-4-17)34-23(24,25)26/h3-10H,11-16H2,1-2H3,(H,27,29). The average molecular weight is 517 g/mol. The van der Waals surface area contributed by atoms with Gasteiger partial charge in [0.05, 0.1) is 11.5 Å². The summed E-state index contributed by atoms with van der Waals surface area (Å²) < 4.78 is 77.0. The number of rotatable bonds is 9. The molecule has 0 atom stereocenters. The fourth-order valence-electron chi connectivity index (χ4n) is 3.96. The maximum atomic E-state index is 13.6. The number of nitrogens with zero attached hydrogens (tertiary/aromatic N) is 1. The van der Waals surface area contributed by atoms with Crippen LogP contribution >= 0.6 is 0 Å². The third kappa shape index (κ3) is 6.24. The lowest BCUT2D eigenvalue weighted by Crippen LogP contribution is -2.57. The minimum Gasteiger partial charge on any atom is -0.457 e. The van der Waals surface area contributed by atoms with Crippen molar-refractivity contribution in [3.63, 3.8) is 0 Å². The Bertz CT molecular complexity index is 1100. The monoisotopic (exact) mass is 516 g/mol. The first kappa shape index (κ1) is 26.8. The molecule has 1 heterocycles. The van der Waals surface area contributed by atoms with E-state index in [0.29, 0.717) is 26.2 Å². The summed E-state index contributed by atoms with van der Waals surface area (Å²) in [5.74, 6) is -0.429. The van der Waals surface area contributed by atoms with Gasteiger partial charge in [-0.05, 0) is 61.4 Å². The summed E-state index contributed by atoms with van der Waals surface area (Å²) in [7, 11) is -1.03. The molecule has 35 heavy (non-hydrogen) atoms. The van der Waals surface area contributed by atoms with Crippen LogP contribution in [0.15, 0.2) is 53.4 Å². The molecule has 12 heteroatoms. The second-order valence-corrected chi connectivity index (χ2v) is 10.3. The summed E-state index contributed by atoms with van der Waals surface area (Å²) in [6.07, 6.45) is -4.51. The smallest absolute Gasteiger partial charge is 0.457 e. The Morgan fingerprint density at radius 3 is 2.00 bits per heavy atom. The predicted octanol–water partition coefficient (Wildman–Crippen LogP) is 3.38. The molecular formula is C23H27F3N2O6S. The zero-order valence-electron chi connectivity index (χ0n) is 19.3. The Balaban J connectivity index is 1.75. The van der Waals surface area contributed by atoms with Crippen LogP contribution in [0.2, 0.25) is 0 Å². The summed E-state index contributed by atoms with van der Waals surface area (Å²) in [5.41, 5.74) is 0. The van der Waals surface area contributed by atoms with Gasteiger partial charge in [-0.25, -0.2) is 8.42 Å². The highest BCUT2D eigenvalue weighted by atomic mass is 32.2. The molecule has 0 radical (unpaired) electrons. The van der Waals surface area contributed by atoms with Gasteiger partial charge in [0.25, 0.3) is 0 Å². The van der Waals surface area contributed by atoms with Crippen LogP contribution in [0.4, 0.5) is 13.2 Å². The Morgan fingerprint density at radius 1 is 1.00 bits per heavy atom. The van der Waals surface area contributed by atoms with Crippen LogP contribution in [0.25, 0.3) is 0 Å². The fourth-order valence-corrected chi connectivity index (χ4v) is 5.97. The number of alkyl halides is 3. The molecule has 0 spiro atoms. The van der Waals surface area contributed by atoms with E-state index in [1.165, 1.54) is 43.4 Å². The molecule has 0 saturated carbocycles. The summed E-state index contributed by atoms with van der Waals surface area (Å²) in [4.78, 5) is 14.9. The van der Waals surface area contributed by atoms with Crippen molar-refractivity contribution in [1.82, 2.24) is 10.2 Å². The summed E-state index contributed by atoms with van der Waals surface area (Å²) >= 11 is 0. The first-order chi connectivity index (χ1) is 16.5. The van der Waals surface area contributed by atoms with Crippen LogP contribution in [0, 0.1) is 0 Å². The molecule has 1 amide bonds. The van der Waals surface area contributed by atoms with E-state index in [1.807, 2.05) is 0 Å². The van der Waals surface area contributed by atoms with E-state index in [0.717, 1.165) is 12.1 Å². The van der Waals surface area contributed by atoms with Gasteiger partial charge in [0.15, 0.2) is 14.6 Å². The first-order valence-electron chi connectivity index (χ1n) is 10.8. The predicted molar refractivity (Wildman–Crippen MR) is 121 cm³/mol. The third-order valence-electron chi connectivity index (χ3n) is 5.86. The van der Waals surface area contributed by atoms with Crippen LogP contribution in [0.5, 0.6) is 17.2 Å². The Labute approximate surface area is 201 Å². The van der Waals surface area contributed by atoms with Crippen LogP contribution < -0.4 is 14.8 Å². The molecule has 3 rings (SSSR count). The van der Waals surface area contributed by atoms with Gasteiger partial charge in [0.1, 0.15) is 17.2 Å². The summed E-state index contributed by atoms with van der Waals surface area (Å²) in [5, 5.41) is 2.51. The molecule has 192 valence electrons. The maximum Gasteiger partial charge on any atom is 0.573 e. The highest BCUT2D eigenvalue weighted by Crippen LogP contribution is 2.37. The second-order valence-electron chi connectivity index (χ2n) is 8.00. The quantitative estimate of drug-likeness (QED) is 0.546. The summed E-state index contributed by atoms with van der Waals surface area (Å²) in [6, 6.07) is 10.4. The Morgan fingerprint density at radius 2 is 1.51 bits per heavy atom. The van der Waals surface area contributed by atoms with E-state index in [4.69, 9.17) is 9.47 Å². The number of piperidine rings is 1. The molecule has 1 saturated heterocycles. The molecule has 2 aromatic rings. The number of carbonyl (C=O) groups is 1. The molecule has 0 aliphatic carbocycles. The molecule has 0 aromatic heterocycles. The van der Waals surface area contributed by atoms with Gasteiger partial charge in [-0.2, -0.15) is 0 Å². The van der Waals surface area contributed by atoms with E-state index >= 15 is 0 Å². The van der Waals surface area contributed by atoms with Crippen molar-refractivity contribution in [3.05, 3.63) is 48.5 Å². The zero-order chi connectivity index (χ0) is 25.7. The van der Waals surface area contributed by atoms with Crippen molar-refractivity contribution in [3.8, 4) is 17.2 Å².